The third-order valence-electron chi connectivity index (χ3n) is 7.93. The van der Waals surface area contributed by atoms with E-state index in [1.54, 1.807) is 18.4 Å². The number of hydrogen-bond donors (Lipinski definition) is 0. The lowest BCUT2D eigenvalue weighted by Crippen LogP contribution is -2.33. The highest BCUT2D eigenvalue weighted by molar-refractivity contribution is 5.69. The van der Waals surface area contributed by atoms with Crippen molar-refractivity contribution >= 4 is 5.69 Å². The number of likely N-dealkylation sites (tertiary alicyclic amines) is 1. The van der Waals surface area contributed by atoms with Gasteiger partial charge in [0.25, 0.3) is 0 Å². The standard InChI is InChI=1S/C27H40N2O2/c1-30-26-18-23-17-22-11-7-12-24(22)29(20-21-9-3-2-4-10-21)25(23)19-27(26)31-16-8-15-28-13-5-6-14-28/h18-19,21H,2-17,20H2,1H3. The molecule has 0 amide bonds. The molecule has 2 aliphatic heterocycles. The number of anilines is 1. The van der Waals surface area contributed by atoms with Gasteiger partial charge in [-0.2, -0.15) is 0 Å². The van der Waals surface area contributed by atoms with Crippen LogP contribution in [0.1, 0.15) is 76.2 Å². The molecule has 0 N–H and O–H groups in total. The molecule has 2 fully saturated rings. The minimum Gasteiger partial charge on any atom is -0.493 e. The van der Waals surface area contributed by atoms with Crippen LogP contribution in [0.25, 0.3) is 0 Å². The smallest absolute Gasteiger partial charge is 0.163 e. The van der Waals surface area contributed by atoms with Gasteiger partial charge in [0.15, 0.2) is 11.5 Å². The largest absolute Gasteiger partial charge is 0.493 e. The molecule has 1 aromatic carbocycles. The van der Waals surface area contributed by atoms with Gasteiger partial charge >= 0.3 is 0 Å². The summed E-state index contributed by atoms with van der Waals surface area (Å²) in [6.07, 6.45) is 15.8. The summed E-state index contributed by atoms with van der Waals surface area (Å²) in [6.45, 7) is 5.62. The van der Waals surface area contributed by atoms with Crippen molar-refractivity contribution in [2.75, 3.05) is 44.8 Å². The molecule has 2 heterocycles. The lowest BCUT2D eigenvalue weighted by molar-refractivity contribution is 0.254. The van der Waals surface area contributed by atoms with E-state index in [-0.39, 0.29) is 0 Å². The molecule has 1 saturated carbocycles. The fourth-order valence-corrected chi connectivity index (χ4v) is 6.25. The van der Waals surface area contributed by atoms with Crippen molar-refractivity contribution in [1.29, 1.82) is 0 Å². The van der Waals surface area contributed by atoms with Crippen LogP contribution < -0.4 is 14.4 Å². The molecule has 4 aliphatic rings. The first-order chi connectivity index (χ1) is 15.3. The molecule has 2 aliphatic carbocycles. The van der Waals surface area contributed by atoms with Crippen molar-refractivity contribution in [2.45, 2.75) is 77.0 Å². The highest BCUT2D eigenvalue weighted by Crippen LogP contribution is 2.46. The maximum Gasteiger partial charge on any atom is 0.163 e. The number of nitrogens with zero attached hydrogens (tertiary/aromatic N) is 2. The number of rotatable bonds is 8. The predicted molar refractivity (Wildman–Crippen MR) is 127 cm³/mol. The lowest BCUT2D eigenvalue weighted by Gasteiger charge is -2.37. The third kappa shape index (κ3) is 4.74. The molecule has 0 radical (unpaired) electrons. The summed E-state index contributed by atoms with van der Waals surface area (Å²) in [5.74, 6) is 2.67. The van der Waals surface area contributed by atoms with E-state index >= 15 is 0 Å². The number of hydrogen-bond acceptors (Lipinski definition) is 4. The number of fused-ring (bicyclic) bond motifs is 1. The zero-order valence-corrected chi connectivity index (χ0v) is 19.5. The fraction of sp³-hybridized carbons (Fsp3) is 0.704. The van der Waals surface area contributed by atoms with Crippen LogP contribution in [0.4, 0.5) is 5.69 Å². The van der Waals surface area contributed by atoms with Gasteiger partial charge in [-0.3, -0.25) is 0 Å². The molecule has 5 rings (SSSR count). The molecule has 1 saturated heterocycles. The maximum absolute atomic E-state index is 6.31. The summed E-state index contributed by atoms with van der Waals surface area (Å²) in [5.41, 5.74) is 6.12. The van der Waals surface area contributed by atoms with Crippen LogP contribution in [0, 0.1) is 5.92 Å². The van der Waals surface area contributed by atoms with Crippen molar-refractivity contribution in [3.63, 3.8) is 0 Å². The van der Waals surface area contributed by atoms with Crippen molar-refractivity contribution in [2.24, 2.45) is 5.92 Å². The van der Waals surface area contributed by atoms with Crippen LogP contribution in [0.5, 0.6) is 11.5 Å². The Bertz CT molecular complexity index is 791. The first-order valence-corrected chi connectivity index (χ1v) is 12.9. The summed E-state index contributed by atoms with van der Waals surface area (Å²) in [4.78, 5) is 5.25. The van der Waals surface area contributed by atoms with Crippen molar-refractivity contribution in [1.82, 2.24) is 4.90 Å². The average molecular weight is 425 g/mol. The summed E-state index contributed by atoms with van der Waals surface area (Å²) in [6, 6.07) is 4.57. The molecular formula is C27H40N2O2. The van der Waals surface area contributed by atoms with E-state index in [9.17, 15) is 0 Å². The number of benzene rings is 1. The van der Waals surface area contributed by atoms with E-state index in [0.717, 1.165) is 43.4 Å². The molecule has 31 heavy (non-hydrogen) atoms. The quantitative estimate of drug-likeness (QED) is 0.482. The predicted octanol–water partition coefficient (Wildman–Crippen LogP) is 5.94. The average Bonchev–Trinajstić information content (AvgIpc) is 3.49. The van der Waals surface area contributed by atoms with Gasteiger partial charge in [-0.1, -0.05) is 19.3 Å². The molecule has 0 unspecified atom stereocenters. The molecule has 1 aromatic rings. The van der Waals surface area contributed by atoms with E-state index in [1.165, 1.54) is 95.1 Å². The van der Waals surface area contributed by atoms with Gasteiger partial charge in [-0.05, 0) is 94.0 Å². The second-order valence-electron chi connectivity index (χ2n) is 10.1. The van der Waals surface area contributed by atoms with Gasteiger partial charge in [0, 0.05) is 30.5 Å². The maximum atomic E-state index is 6.31. The second kappa shape index (κ2) is 9.85. The Morgan fingerprint density at radius 1 is 0.935 bits per heavy atom. The van der Waals surface area contributed by atoms with Gasteiger partial charge in [0.05, 0.1) is 13.7 Å². The Labute approximate surface area is 188 Å². The van der Waals surface area contributed by atoms with E-state index in [2.05, 4.69) is 21.9 Å². The topological polar surface area (TPSA) is 24.9 Å². The zero-order valence-electron chi connectivity index (χ0n) is 19.5. The summed E-state index contributed by atoms with van der Waals surface area (Å²) < 4.78 is 12.1. The number of allylic oxidation sites excluding steroid dienone is 2. The Balaban J connectivity index is 1.33. The van der Waals surface area contributed by atoms with E-state index in [4.69, 9.17) is 9.47 Å². The minimum absolute atomic E-state index is 0.766. The summed E-state index contributed by atoms with van der Waals surface area (Å²) in [5, 5.41) is 0. The van der Waals surface area contributed by atoms with Gasteiger partial charge < -0.3 is 19.3 Å². The van der Waals surface area contributed by atoms with Crippen LogP contribution in [-0.4, -0.2) is 44.8 Å². The molecule has 0 atom stereocenters. The van der Waals surface area contributed by atoms with Crippen LogP contribution in [0.15, 0.2) is 23.4 Å². The zero-order chi connectivity index (χ0) is 21.0. The Hall–Kier alpha value is -1.68. The van der Waals surface area contributed by atoms with Gasteiger partial charge in [0.1, 0.15) is 0 Å². The number of methoxy groups -OCH3 is 1. The summed E-state index contributed by atoms with van der Waals surface area (Å²) in [7, 11) is 1.78. The summed E-state index contributed by atoms with van der Waals surface area (Å²) >= 11 is 0. The molecule has 170 valence electrons. The third-order valence-corrected chi connectivity index (χ3v) is 7.93. The fourth-order valence-electron chi connectivity index (χ4n) is 6.25. The SMILES string of the molecule is COc1cc2c(cc1OCCCN1CCCC1)N(CC1CCCCC1)C1=C(CCC1)C2. The molecule has 0 spiro atoms. The van der Waals surface area contributed by atoms with E-state index in [1.807, 2.05) is 0 Å². The first-order valence-electron chi connectivity index (χ1n) is 12.9. The second-order valence-corrected chi connectivity index (χ2v) is 10.1. The van der Waals surface area contributed by atoms with Gasteiger partial charge in [-0.25, -0.2) is 0 Å². The van der Waals surface area contributed by atoms with Crippen molar-refractivity contribution in [3.05, 3.63) is 29.0 Å². The molecule has 4 heteroatoms. The van der Waals surface area contributed by atoms with Crippen LogP contribution in [-0.2, 0) is 6.42 Å². The van der Waals surface area contributed by atoms with Gasteiger partial charge in [-0.15, -0.1) is 0 Å². The Morgan fingerprint density at radius 3 is 2.58 bits per heavy atom. The minimum atomic E-state index is 0.766. The van der Waals surface area contributed by atoms with Crippen LogP contribution in [0.3, 0.4) is 0 Å². The lowest BCUT2D eigenvalue weighted by atomic mass is 9.87. The normalized spacial score (nSPS) is 22.0. The van der Waals surface area contributed by atoms with Crippen molar-refractivity contribution in [3.8, 4) is 11.5 Å². The van der Waals surface area contributed by atoms with Crippen LogP contribution in [0.2, 0.25) is 0 Å². The van der Waals surface area contributed by atoms with Gasteiger partial charge in [0.2, 0.25) is 0 Å². The van der Waals surface area contributed by atoms with E-state index < -0.39 is 0 Å². The molecular weight excluding hydrogens is 384 g/mol. The Morgan fingerprint density at radius 2 is 1.77 bits per heavy atom. The van der Waals surface area contributed by atoms with E-state index in [0.29, 0.717) is 0 Å². The molecule has 4 nitrogen and oxygen atoms in total. The molecule has 0 aromatic heterocycles. The van der Waals surface area contributed by atoms with Crippen molar-refractivity contribution < 1.29 is 9.47 Å². The van der Waals surface area contributed by atoms with Crippen LogP contribution >= 0.6 is 0 Å². The molecule has 0 bridgehead atoms. The highest BCUT2D eigenvalue weighted by atomic mass is 16.5. The number of ether oxygens (including phenoxy) is 2. The first kappa shape index (κ1) is 21.2. The highest BCUT2D eigenvalue weighted by Gasteiger charge is 2.31. The Kier molecular flexibility index (Phi) is 6.73. The monoisotopic (exact) mass is 424 g/mol.